The van der Waals surface area contributed by atoms with Crippen LogP contribution in [0.2, 0.25) is 0 Å². The maximum absolute atomic E-state index is 13.7. The first-order valence-corrected chi connectivity index (χ1v) is 26.3. The van der Waals surface area contributed by atoms with Gasteiger partial charge in [-0.3, -0.25) is 19.2 Å². The molecule has 0 radical (unpaired) electrons. The smallest absolute Gasteiger partial charge is 0.330 e. The Bertz CT molecular complexity index is 2330. The molecular formula is C54H62N2O13S2. The van der Waals surface area contributed by atoms with E-state index in [0.717, 1.165) is 99.9 Å². The van der Waals surface area contributed by atoms with Gasteiger partial charge in [0, 0.05) is 12.2 Å². The predicted octanol–water partition coefficient (Wildman–Crippen LogP) is 11.1. The molecule has 3 saturated carbocycles. The van der Waals surface area contributed by atoms with Crippen LogP contribution < -0.4 is 18.9 Å². The molecule has 3 aliphatic carbocycles. The summed E-state index contributed by atoms with van der Waals surface area (Å²) < 4.78 is 39.4. The average molecular weight is 1010 g/mol. The van der Waals surface area contributed by atoms with E-state index in [1.54, 1.807) is 36.4 Å². The van der Waals surface area contributed by atoms with Crippen molar-refractivity contribution in [2.45, 2.75) is 125 Å². The van der Waals surface area contributed by atoms with Gasteiger partial charge < -0.3 is 33.2 Å². The van der Waals surface area contributed by atoms with Gasteiger partial charge in [-0.1, -0.05) is 36.7 Å². The van der Waals surface area contributed by atoms with Gasteiger partial charge in [0.25, 0.3) is 5.70 Å². The highest BCUT2D eigenvalue weighted by Crippen LogP contribution is 2.59. The van der Waals surface area contributed by atoms with Crippen LogP contribution in [-0.4, -0.2) is 62.2 Å². The Balaban J connectivity index is 0.928. The Hall–Kier alpha value is -6.04. The van der Waals surface area contributed by atoms with E-state index in [0.29, 0.717) is 109 Å². The van der Waals surface area contributed by atoms with E-state index in [-0.39, 0.29) is 59.5 Å². The summed E-state index contributed by atoms with van der Waals surface area (Å²) in [5.41, 5.74) is -0.115. The highest BCUT2D eigenvalue weighted by Gasteiger charge is 2.38. The molecule has 0 aromatic heterocycles. The maximum atomic E-state index is 13.7. The molecule has 3 fully saturated rings. The molecular weight excluding hydrogens is 949 g/mol. The molecule has 1 aliphatic heterocycles. The van der Waals surface area contributed by atoms with Crippen LogP contribution in [0.3, 0.4) is 0 Å². The fraction of sp³-hybridized carbons (Fsp3) is 0.519. The van der Waals surface area contributed by atoms with Gasteiger partial charge in [0.05, 0.1) is 76.8 Å². The number of hydrogen-bond acceptors (Lipinski definition) is 16. The molecule has 71 heavy (non-hydrogen) atoms. The summed E-state index contributed by atoms with van der Waals surface area (Å²) in [4.78, 5) is 79.7. The van der Waals surface area contributed by atoms with Gasteiger partial charge in [-0.15, -0.1) is 0 Å². The minimum absolute atomic E-state index is 0.113. The summed E-state index contributed by atoms with van der Waals surface area (Å²) >= 11 is 2.28. The quantitative estimate of drug-likeness (QED) is 0.0194. The summed E-state index contributed by atoms with van der Waals surface area (Å²) in [6, 6.07) is 12.0. The van der Waals surface area contributed by atoms with E-state index >= 15 is 0 Å². The molecule has 2 aromatic carbocycles. The Labute approximate surface area is 424 Å². The zero-order chi connectivity index (χ0) is 50.5. The average Bonchev–Trinajstić information content (AvgIpc) is 3.85. The number of benzene rings is 2. The fourth-order valence-electron chi connectivity index (χ4n) is 9.41. The number of thioether (sulfide) groups is 2. The number of allylic oxidation sites excluding steroid dienone is 1. The van der Waals surface area contributed by atoms with E-state index in [1.165, 1.54) is 0 Å². The lowest BCUT2D eigenvalue weighted by Gasteiger charge is -2.36. The zero-order valence-electron chi connectivity index (χ0n) is 40.1. The molecule has 378 valence electrons. The van der Waals surface area contributed by atoms with Crippen molar-refractivity contribution in [1.82, 2.24) is 0 Å². The molecule has 0 spiro atoms. The van der Waals surface area contributed by atoms with Crippen LogP contribution in [0, 0.1) is 53.4 Å². The van der Waals surface area contributed by atoms with Crippen molar-refractivity contribution in [3.8, 4) is 29.1 Å². The lowest BCUT2D eigenvalue weighted by Crippen LogP contribution is -2.31. The van der Waals surface area contributed by atoms with Crippen LogP contribution in [-0.2, 0) is 43.0 Å². The normalized spacial score (nSPS) is 22.2. The third kappa shape index (κ3) is 16.2. The zero-order valence-corrected chi connectivity index (χ0v) is 41.7. The minimum atomic E-state index is -0.466. The van der Waals surface area contributed by atoms with E-state index in [2.05, 4.69) is 18.0 Å². The number of fused-ring (bicyclic) bond motifs is 1. The summed E-state index contributed by atoms with van der Waals surface area (Å²) in [6.07, 6.45) is 15.3. The number of nitriles is 1. The molecule has 0 amide bonds. The first-order chi connectivity index (χ1) is 34.5. The van der Waals surface area contributed by atoms with Crippen LogP contribution in [0.15, 0.2) is 81.4 Å². The SMILES string of the molecule is [C-]#[N+]/C(C#N)=C1\Sc2c(OC(=O)C3CCC(C(=O)Oc4ccc(OCCCCCCOC(=O)C=C)cc4)CC3)ccc(OC(=O)C3CCC(C4CCC(C(=O)OCCCCOC(=O)C=C)CC4)CC3)c2S1. The first kappa shape index (κ1) is 54.3. The maximum Gasteiger partial charge on any atom is 0.330 e. The van der Waals surface area contributed by atoms with Gasteiger partial charge in [-0.2, -0.15) is 0 Å². The predicted molar refractivity (Wildman–Crippen MR) is 264 cm³/mol. The first-order valence-electron chi connectivity index (χ1n) is 24.7. The van der Waals surface area contributed by atoms with Crippen molar-refractivity contribution < 1.29 is 61.9 Å². The fourth-order valence-corrected chi connectivity index (χ4v) is 11.9. The molecule has 0 atom stereocenters. The monoisotopic (exact) mass is 1010 g/mol. The number of nitrogens with zero attached hydrogens (tertiary/aromatic N) is 2. The molecule has 0 bridgehead atoms. The molecule has 1 heterocycles. The largest absolute Gasteiger partial charge is 0.494 e. The van der Waals surface area contributed by atoms with E-state index in [9.17, 15) is 34.0 Å². The third-order valence-electron chi connectivity index (χ3n) is 13.5. The Morgan fingerprint density at radius 3 is 1.39 bits per heavy atom. The minimum Gasteiger partial charge on any atom is -0.494 e. The molecule has 0 unspecified atom stereocenters. The molecule has 4 aliphatic rings. The van der Waals surface area contributed by atoms with Crippen molar-refractivity contribution in [2.24, 2.45) is 35.5 Å². The number of hydrogen-bond donors (Lipinski definition) is 0. The molecule has 6 rings (SSSR count). The van der Waals surface area contributed by atoms with Crippen molar-refractivity contribution in [3.63, 3.8) is 0 Å². The van der Waals surface area contributed by atoms with Gasteiger partial charge in [0.1, 0.15) is 23.0 Å². The molecule has 0 N–H and O–H groups in total. The van der Waals surface area contributed by atoms with Gasteiger partial charge >= 0.3 is 35.8 Å². The second-order valence-corrected chi connectivity index (χ2v) is 20.5. The van der Waals surface area contributed by atoms with Crippen molar-refractivity contribution in [1.29, 1.82) is 5.26 Å². The molecule has 2 aromatic rings. The highest BCUT2D eigenvalue weighted by molar-refractivity contribution is 8.24. The van der Waals surface area contributed by atoms with E-state index in [1.807, 2.05) is 6.07 Å². The number of esters is 6. The Morgan fingerprint density at radius 1 is 0.549 bits per heavy atom. The van der Waals surface area contributed by atoms with Crippen molar-refractivity contribution in [2.75, 3.05) is 26.4 Å². The van der Waals surface area contributed by atoms with E-state index in [4.69, 9.17) is 39.7 Å². The second-order valence-electron chi connectivity index (χ2n) is 18.2. The summed E-state index contributed by atoms with van der Waals surface area (Å²) in [7, 11) is 0. The summed E-state index contributed by atoms with van der Waals surface area (Å²) in [6.45, 7) is 15.8. The Kier molecular flexibility index (Phi) is 21.5. The summed E-state index contributed by atoms with van der Waals surface area (Å²) in [5, 5.41) is 9.69. The van der Waals surface area contributed by atoms with Gasteiger partial charge in [-0.05, 0) is 164 Å². The third-order valence-corrected chi connectivity index (χ3v) is 16.1. The van der Waals surface area contributed by atoms with Crippen LogP contribution in [0.5, 0.6) is 23.0 Å². The number of ether oxygens (including phenoxy) is 7. The lowest BCUT2D eigenvalue weighted by molar-refractivity contribution is -0.151. The summed E-state index contributed by atoms with van der Waals surface area (Å²) in [5.74, 6) is -0.953. The van der Waals surface area contributed by atoms with Crippen molar-refractivity contribution in [3.05, 3.63) is 83.1 Å². The van der Waals surface area contributed by atoms with Crippen LogP contribution in [0.4, 0.5) is 0 Å². The van der Waals surface area contributed by atoms with Crippen LogP contribution in [0.1, 0.15) is 116 Å². The van der Waals surface area contributed by atoms with Crippen LogP contribution >= 0.6 is 23.5 Å². The van der Waals surface area contributed by atoms with Crippen LogP contribution in [0.25, 0.3) is 4.85 Å². The molecule has 17 heteroatoms. The standard InChI is InChI=1S/C54H62N2O13S2/c1-4-46(57)64-31-9-7-6-8-30-63-41-24-26-42(27-25-41)67-51(60)38-20-22-40(23-21-38)53(62)69-45-29-28-44(48-49(45)71-54(70-48)43(34-55)56-3)68-52(61)39-18-14-36(15-19-39)35-12-16-37(17-13-35)50(59)66-33-11-10-32-65-47(58)5-2/h4-5,24-29,35-40H,1-2,6-23,30-33H2/b54-43-. The van der Waals surface area contributed by atoms with Crippen molar-refractivity contribution >= 4 is 59.3 Å². The lowest BCUT2D eigenvalue weighted by atomic mass is 9.69. The molecule has 15 nitrogen and oxygen atoms in total. The second kappa shape index (κ2) is 28.1. The number of unbranched alkanes of at least 4 members (excludes halogenated alkanes) is 4. The van der Waals surface area contributed by atoms with Gasteiger partial charge in [0.15, 0.2) is 0 Å². The number of rotatable bonds is 23. The Morgan fingerprint density at radius 2 is 0.944 bits per heavy atom. The van der Waals surface area contributed by atoms with Gasteiger partial charge in [0.2, 0.25) is 0 Å². The van der Waals surface area contributed by atoms with Gasteiger partial charge in [-0.25, -0.2) is 19.7 Å². The molecule has 0 saturated heterocycles. The van der Waals surface area contributed by atoms with E-state index < -0.39 is 23.8 Å². The number of carbonyl (C=O) groups is 6. The number of carbonyl (C=O) groups excluding carboxylic acids is 6. The highest BCUT2D eigenvalue weighted by atomic mass is 32.2. The topological polar surface area (TPSA) is 195 Å².